The number of fused-ring (bicyclic) bond motifs is 3. The van der Waals surface area contributed by atoms with Crippen molar-refractivity contribution in [2.45, 2.75) is 12.8 Å². The number of allylic oxidation sites excluding steroid dienone is 1. The molecule has 1 aromatic heterocycles. The molecule has 1 aromatic carbocycles. The Morgan fingerprint density at radius 3 is 2.94 bits per heavy atom. The maximum atomic E-state index is 6.06. The highest BCUT2D eigenvalue weighted by Crippen LogP contribution is 2.33. The summed E-state index contributed by atoms with van der Waals surface area (Å²) in [7, 11) is 0. The van der Waals surface area contributed by atoms with E-state index in [-0.39, 0.29) is 0 Å². The minimum Gasteiger partial charge on any atom is -0.256 e. The van der Waals surface area contributed by atoms with E-state index in [1.165, 1.54) is 16.5 Å². The molecule has 0 amide bonds. The van der Waals surface area contributed by atoms with Crippen LogP contribution >= 0.6 is 27.5 Å². The van der Waals surface area contributed by atoms with E-state index >= 15 is 0 Å². The van der Waals surface area contributed by atoms with Crippen LogP contribution in [0.25, 0.3) is 17.0 Å². The summed E-state index contributed by atoms with van der Waals surface area (Å²) in [6, 6.07) is 6.18. The molecule has 1 aliphatic rings. The van der Waals surface area contributed by atoms with Crippen molar-refractivity contribution >= 4 is 44.5 Å². The molecule has 0 radical (unpaired) electrons. The molecule has 0 atom stereocenters. The molecule has 0 saturated heterocycles. The molecule has 0 aliphatic heterocycles. The molecule has 0 fully saturated rings. The second-order valence-electron chi connectivity index (χ2n) is 3.91. The molecule has 0 N–H and O–H groups in total. The fraction of sp³-hybridized carbons (Fsp3) is 0.154. The van der Waals surface area contributed by atoms with E-state index in [1.807, 2.05) is 18.3 Å². The van der Waals surface area contributed by atoms with Gasteiger partial charge in [-0.3, -0.25) is 4.98 Å². The Balaban J connectivity index is 2.37. The van der Waals surface area contributed by atoms with Crippen molar-refractivity contribution in [3.05, 3.63) is 45.0 Å². The van der Waals surface area contributed by atoms with Crippen molar-refractivity contribution in [2.75, 3.05) is 0 Å². The molecule has 80 valence electrons. The smallest absolute Gasteiger partial charge is 0.0751 e. The highest BCUT2D eigenvalue weighted by atomic mass is 79.9. The number of pyridine rings is 1. The number of nitrogens with zero attached hydrogens (tertiary/aromatic N) is 1. The van der Waals surface area contributed by atoms with Gasteiger partial charge in [0.05, 0.1) is 5.52 Å². The zero-order chi connectivity index (χ0) is 11.1. The van der Waals surface area contributed by atoms with Crippen molar-refractivity contribution in [1.82, 2.24) is 4.98 Å². The van der Waals surface area contributed by atoms with Gasteiger partial charge in [-0.15, -0.1) is 0 Å². The number of benzene rings is 1. The van der Waals surface area contributed by atoms with Gasteiger partial charge in [-0.05, 0) is 36.1 Å². The van der Waals surface area contributed by atoms with Crippen LogP contribution in [-0.4, -0.2) is 4.98 Å². The van der Waals surface area contributed by atoms with Crippen LogP contribution in [0.15, 0.2) is 33.9 Å². The van der Waals surface area contributed by atoms with E-state index in [4.69, 9.17) is 11.6 Å². The van der Waals surface area contributed by atoms with Crippen molar-refractivity contribution in [3.63, 3.8) is 0 Å². The number of rotatable bonds is 0. The van der Waals surface area contributed by atoms with E-state index in [2.05, 4.69) is 33.0 Å². The third kappa shape index (κ3) is 1.57. The molecule has 0 spiro atoms. The second-order valence-corrected chi connectivity index (χ2v) is 5.25. The van der Waals surface area contributed by atoms with E-state index < -0.39 is 0 Å². The van der Waals surface area contributed by atoms with E-state index in [1.54, 1.807) is 0 Å². The first-order valence-corrected chi connectivity index (χ1v) is 6.35. The van der Waals surface area contributed by atoms with E-state index in [0.717, 1.165) is 27.9 Å². The van der Waals surface area contributed by atoms with Crippen LogP contribution in [0.2, 0.25) is 0 Å². The molecule has 0 saturated carbocycles. The van der Waals surface area contributed by atoms with Gasteiger partial charge >= 0.3 is 0 Å². The van der Waals surface area contributed by atoms with Gasteiger partial charge in [0.1, 0.15) is 0 Å². The molecule has 1 heterocycles. The molecule has 1 aliphatic carbocycles. The average molecular weight is 295 g/mol. The van der Waals surface area contributed by atoms with E-state index in [9.17, 15) is 0 Å². The lowest BCUT2D eigenvalue weighted by molar-refractivity contribution is 0.976. The first kappa shape index (κ1) is 10.3. The summed E-state index contributed by atoms with van der Waals surface area (Å²) < 4.78 is 1.10. The molecule has 2 aromatic rings. The Morgan fingerprint density at radius 2 is 2.06 bits per heavy atom. The van der Waals surface area contributed by atoms with Crippen LogP contribution in [-0.2, 0) is 6.42 Å². The Bertz CT molecular complexity index is 604. The van der Waals surface area contributed by atoms with E-state index in [0.29, 0.717) is 0 Å². The van der Waals surface area contributed by atoms with Crippen molar-refractivity contribution < 1.29 is 0 Å². The third-order valence-electron chi connectivity index (χ3n) is 2.93. The maximum Gasteiger partial charge on any atom is 0.0751 e. The highest BCUT2D eigenvalue weighted by Gasteiger charge is 2.13. The summed E-state index contributed by atoms with van der Waals surface area (Å²) >= 11 is 9.61. The first-order chi connectivity index (χ1) is 7.75. The summed E-state index contributed by atoms with van der Waals surface area (Å²) in [6.07, 6.45) is 5.78. The van der Waals surface area contributed by atoms with Gasteiger partial charge in [0.15, 0.2) is 0 Å². The summed E-state index contributed by atoms with van der Waals surface area (Å²) in [6.45, 7) is 0. The van der Waals surface area contributed by atoms with Gasteiger partial charge in [0.25, 0.3) is 0 Å². The normalized spacial score (nSPS) is 14.8. The zero-order valence-corrected chi connectivity index (χ0v) is 10.8. The summed E-state index contributed by atoms with van der Waals surface area (Å²) in [5.74, 6) is 0. The largest absolute Gasteiger partial charge is 0.256 e. The topological polar surface area (TPSA) is 12.9 Å². The Kier molecular flexibility index (Phi) is 2.49. The van der Waals surface area contributed by atoms with Crippen LogP contribution in [0.4, 0.5) is 0 Å². The third-order valence-corrected chi connectivity index (χ3v) is 3.92. The van der Waals surface area contributed by atoms with Gasteiger partial charge in [-0.2, -0.15) is 0 Å². The number of aromatic nitrogens is 1. The Hall–Kier alpha value is -0.860. The van der Waals surface area contributed by atoms with Gasteiger partial charge < -0.3 is 0 Å². The zero-order valence-electron chi connectivity index (χ0n) is 8.50. The fourth-order valence-corrected chi connectivity index (χ4v) is 2.79. The number of halogens is 2. The number of hydrogen-bond acceptors (Lipinski definition) is 1. The average Bonchev–Trinajstić information content (AvgIpc) is 2.28. The number of hydrogen-bond donors (Lipinski definition) is 0. The molecule has 3 rings (SSSR count). The maximum absolute atomic E-state index is 6.06. The fourth-order valence-electron chi connectivity index (χ4n) is 2.14. The standard InChI is InChI=1S/C13H9BrClN/c14-12-5-6-16-13-10-4-2-9(15)7-8(10)1-3-11(12)13/h1,3,5-7H,2,4H2. The van der Waals surface area contributed by atoms with Crippen LogP contribution < -0.4 is 0 Å². The van der Waals surface area contributed by atoms with Crippen molar-refractivity contribution in [3.8, 4) is 0 Å². The monoisotopic (exact) mass is 293 g/mol. The predicted molar refractivity (Wildman–Crippen MR) is 71.6 cm³/mol. The summed E-state index contributed by atoms with van der Waals surface area (Å²) in [5.41, 5.74) is 3.60. The lowest BCUT2D eigenvalue weighted by Gasteiger charge is -2.15. The Labute approximate surface area is 107 Å². The van der Waals surface area contributed by atoms with Crippen LogP contribution in [0, 0.1) is 0 Å². The molecule has 0 unspecified atom stereocenters. The minimum atomic E-state index is 0.919. The lowest BCUT2D eigenvalue weighted by Crippen LogP contribution is -1.99. The van der Waals surface area contributed by atoms with Gasteiger partial charge in [-0.25, -0.2) is 0 Å². The van der Waals surface area contributed by atoms with Crippen molar-refractivity contribution in [1.29, 1.82) is 0 Å². The summed E-state index contributed by atoms with van der Waals surface area (Å²) in [4.78, 5) is 4.48. The van der Waals surface area contributed by atoms with Crippen molar-refractivity contribution in [2.24, 2.45) is 0 Å². The molecule has 3 heteroatoms. The lowest BCUT2D eigenvalue weighted by atomic mass is 9.94. The molecule has 0 bridgehead atoms. The van der Waals surface area contributed by atoms with Gasteiger partial charge in [0, 0.05) is 21.1 Å². The number of aryl methyl sites for hydroxylation is 1. The van der Waals surface area contributed by atoms with Crippen LogP contribution in [0.3, 0.4) is 0 Å². The van der Waals surface area contributed by atoms with Gasteiger partial charge in [-0.1, -0.05) is 39.7 Å². The highest BCUT2D eigenvalue weighted by molar-refractivity contribution is 9.10. The second kappa shape index (κ2) is 3.86. The molecule has 16 heavy (non-hydrogen) atoms. The molecular formula is C13H9BrClN. The Morgan fingerprint density at radius 1 is 1.19 bits per heavy atom. The molecule has 1 nitrogen and oxygen atoms in total. The summed E-state index contributed by atoms with van der Waals surface area (Å²) in [5, 5.41) is 2.11. The van der Waals surface area contributed by atoms with Crippen LogP contribution in [0.5, 0.6) is 0 Å². The van der Waals surface area contributed by atoms with Gasteiger partial charge in [0.2, 0.25) is 0 Å². The minimum absolute atomic E-state index is 0.919. The van der Waals surface area contributed by atoms with Crippen LogP contribution in [0.1, 0.15) is 17.5 Å². The predicted octanol–water partition coefficient (Wildman–Crippen LogP) is 4.52. The first-order valence-electron chi connectivity index (χ1n) is 5.18. The quantitative estimate of drug-likeness (QED) is 0.696. The molecular weight excluding hydrogens is 286 g/mol. The SMILES string of the molecule is ClC1=Cc2ccc3c(Br)ccnc3c2CC1.